The minimum atomic E-state index is 0.138. The molecule has 1 saturated carbocycles. The summed E-state index contributed by atoms with van der Waals surface area (Å²) < 4.78 is 0. The van der Waals surface area contributed by atoms with Crippen molar-refractivity contribution in [1.29, 1.82) is 0 Å². The summed E-state index contributed by atoms with van der Waals surface area (Å²) in [5, 5.41) is 16.1. The summed E-state index contributed by atoms with van der Waals surface area (Å²) in [6.45, 7) is 18.7. The third-order valence-corrected chi connectivity index (χ3v) is 5.59. The Balaban J connectivity index is 0. The fourth-order valence-corrected chi connectivity index (χ4v) is 3.82. The molecule has 0 aromatic rings. The number of Topliss-reactive ketones (excluding diaryl/α,β-unsaturated/α-hetero) is 1. The molecule has 192 valence electrons. The zero-order valence-electron chi connectivity index (χ0n) is 22.6. The third kappa shape index (κ3) is 16.3. The number of hydrogen-bond acceptors (Lipinski definition) is 4. The van der Waals surface area contributed by atoms with Gasteiger partial charge in [-0.25, -0.2) is 0 Å². The van der Waals surface area contributed by atoms with E-state index in [2.05, 4.69) is 76.0 Å². The van der Waals surface area contributed by atoms with Gasteiger partial charge in [0.2, 0.25) is 0 Å². The Labute approximate surface area is 210 Å². The molecule has 1 aliphatic carbocycles. The Bertz CT molecular complexity index is 684. The van der Waals surface area contributed by atoms with Crippen molar-refractivity contribution in [3.63, 3.8) is 0 Å². The normalized spacial score (nSPS) is 15.8. The molecule has 0 unspecified atom stereocenters. The number of carbonyl (C=O) groups excluding carboxylic acids is 1. The van der Waals surface area contributed by atoms with Crippen molar-refractivity contribution in [2.75, 3.05) is 19.8 Å². The number of ketones is 1. The molecule has 4 heteroatoms. The SMILES string of the molecule is C#C.C=C/C(=C\C=C/O)C1(CNCNC/C(=C\C=C/CC(C)C)C(C)C)CCCC1.CC(C)=O. The Morgan fingerprint density at radius 3 is 2.12 bits per heavy atom. The van der Waals surface area contributed by atoms with Crippen LogP contribution in [-0.4, -0.2) is 30.6 Å². The second-order valence-corrected chi connectivity index (χ2v) is 9.55. The van der Waals surface area contributed by atoms with Crippen molar-refractivity contribution >= 4 is 5.78 Å². The van der Waals surface area contributed by atoms with Crippen molar-refractivity contribution in [2.24, 2.45) is 17.3 Å². The highest BCUT2D eigenvalue weighted by molar-refractivity contribution is 5.72. The van der Waals surface area contributed by atoms with Crippen LogP contribution in [0, 0.1) is 30.1 Å². The molecular formula is C30H50N2O2. The molecule has 4 nitrogen and oxygen atoms in total. The monoisotopic (exact) mass is 470 g/mol. The predicted octanol–water partition coefficient (Wildman–Crippen LogP) is 6.90. The van der Waals surface area contributed by atoms with Crippen LogP contribution in [-0.2, 0) is 4.79 Å². The van der Waals surface area contributed by atoms with Crippen LogP contribution in [0.5, 0.6) is 0 Å². The standard InChI is InChI=1S/C25H42N2O.C3H6O.C2H2/c1-6-24(14-11-17-28)25(15-9-10-16-25)19-27-20-26-18-23(22(4)5)13-8-7-12-21(2)3;1-3(2)4;1-2/h6-8,11,13-14,17,21-22,26-28H,1,9-10,12,15-16,18-20H2,2-5H3;1-2H3;1-2H/b8-7-,17-11-,23-13+,24-14+;;. The van der Waals surface area contributed by atoms with Gasteiger partial charge in [-0.2, -0.15) is 0 Å². The minimum Gasteiger partial charge on any atom is -0.516 e. The zero-order chi connectivity index (χ0) is 26.4. The maximum absolute atomic E-state index is 9.44. The molecule has 0 atom stereocenters. The van der Waals surface area contributed by atoms with E-state index in [0.29, 0.717) is 11.8 Å². The molecule has 0 heterocycles. The van der Waals surface area contributed by atoms with Gasteiger partial charge in [0.05, 0.1) is 6.26 Å². The van der Waals surface area contributed by atoms with Gasteiger partial charge in [-0.05, 0) is 56.6 Å². The largest absolute Gasteiger partial charge is 0.516 e. The maximum Gasteiger partial charge on any atom is 0.126 e. The number of rotatable bonds is 13. The first kappa shape index (κ1) is 33.8. The Morgan fingerprint density at radius 1 is 1.06 bits per heavy atom. The summed E-state index contributed by atoms with van der Waals surface area (Å²) in [5.41, 5.74) is 2.79. The fourth-order valence-electron chi connectivity index (χ4n) is 3.82. The van der Waals surface area contributed by atoms with E-state index >= 15 is 0 Å². The first-order valence-corrected chi connectivity index (χ1v) is 12.4. The van der Waals surface area contributed by atoms with E-state index in [4.69, 9.17) is 5.11 Å². The number of aliphatic hydroxyl groups is 1. The predicted molar refractivity (Wildman–Crippen MR) is 150 cm³/mol. The van der Waals surface area contributed by atoms with E-state index in [1.807, 2.05) is 12.2 Å². The molecule has 0 aromatic carbocycles. The maximum atomic E-state index is 9.44. The number of aliphatic hydroxyl groups excluding tert-OH is 1. The molecule has 0 spiro atoms. The van der Waals surface area contributed by atoms with E-state index in [1.54, 1.807) is 6.08 Å². The second-order valence-electron chi connectivity index (χ2n) is 9.55. The third-order valence-electron chi connectivity index (χ3n) is 5.59. The summed E-state index contributed by atoms with van der Waals surface area (Å²) in [4.78, 5) is 9.44. The number of terminal acetylenes is 1. The van der Waals surface area contributed by atoms with Gasteiger partial charge in [0, 0.05) is 25.2 Å². The highest BCUT2D eigenvalue weighted by Gasteiger charge is 2.35. The smallest absolute Gasteiger partial charge is 0.126 e. The Hall–Kier alpha value is -2.35. The summed E-state index contributed by atoms with van der Waals surface area (Å²) >= 11 is 0. The highest BCUT2D eigenvalue weighted by atomic mass is 16.2. The van der Waals surface area contributed by atoms with Gasteiger partial charge in [0.25, 0.3) is 0 Å². The lowest BCUT2D eigenvalue weighted by molar-refractivity contribution is -0.114. The lowest BCUT2D eigenvalue weighted by Gasteiger charge is -2.31. The summed E-state index contributed by atoms with van der Waals surface area (Å²) in [7, 11) is 0. The average Bonchev–Trinajstić information content (AvgIpc) is 3.26. The molecule has 3 N–H and O–H groups in total. The van der Waals surface area contributed by atoms with E-state index in [-0.39, 0.29) is 11.2 Å². The number of carbonyl (C=O) groups is 1. The molecule has 1 fully saturated rings. The number of nitrogens with one attached hydrogen (secondary N) is 2. The van der Waals surface area contributed by atoms with Gasteiger partial charge in [-0.3, -0.25) is 0 Å². The molecule has 0 saturated heterocycles. The van der Waals surface area contributed by atoms with Crippen molar-refractivity contribution in [1.82, 2.24) is 10.6 Å². The van der Waals surface area contributed by atoms with Gasteiger partial charge < -0.3 is 20.5 Å². The number of hydrogen-bond donors (Lipinski definition) is 3. The highest BCUT2D eigenvalue weighted by Crippen LogP contribution is 2.44. The molecule has 1 aliphatic rings. The molecule has 0 aromatic heterocycles. The lowest BCUT2D eigenvalue weighted by atomic mass is 9.78. The molecular weight excluding hydrogens is 420 g/mol. The summed E-state index contributed by atoms with van der Waals surface area (Å²) in [6.07, 6.45) is 27.5. The second kappa shape index (κ2) is 21.2. The minimum absolute atomic E-state index is 0.138. The van der Waals surface area contributed by atoms with Crippen LogP contribution in [0.25, 0.3) is 0 Å². The van der Waals surface area contributed by atoms with Crippen molar-refractivity contribution in [3.8, 4) is 12.8 Å². The van der Waals surface area contributed by atoms with Crippen LogP contribution in [0.2, 0.25) is 0 Å². The van der Waals surface area contributed by atoms with E-state index in [0.717, 1.165) is 32.4 Å². The molecule has 1 rings (SSSR count). The van der Waals surface area contributed by atoms with Gasteiger partial charge in [-0.1, -0.05) is 83.1 Å². The molecule has 0 aliphatic heterocycles. The van der Waals surface area contributed by atoms with Crippen molar-refractivity contribution in [2.45, 2.75) is 73.6 Å². The first-order valence-electron chi connectivity index (χ1n) is 12.4. The van der Waals surface area contributed by atoms with E-state index in [1.165, 1.54) is 50.7 Å². The van der Waals surface area contributed by atoms with Crippen molar-refractivity contribution < 1.29 is 9.90 Å². The Morgan fingerprint density at radius 2 is 1.65 bits per heavy atom. The summed E-state index contributed by atoms with van der Waals surface area (Å²) in [5.74, 6) is 1.41. The quantitative estimate of drug-likeness (QED) is 0.0901. The van der Waals surface area contributed by atoms with Crippen LogP contribution in [0.3, 0.4) is 0 Å². The molecule has 0 amide bonds. The first-order chi connectivity index (χ1) is 16.2. The van der Waals surface area contributed by atoms with Crippen LogP contribution < -0.4 is 10.6 Å². The summed E-state index contributed by atoms with van der Waals surface area (Å²) in [6, 6.07) is 0. The van der Waals surface area contributed by atoms with E-state index < -0.39 is 0 Å². The van der Waals surface area contributed by atoms with Crippen LogP contribution in [0.1, 0.15) is 73.6 Å². The Kier molecular flexibility index (Phi) is 21.1. The fraction of sp³-hybridized carbons (Fsp3) is 0.567. The van der Waals surface area contributed by atoms with Gasteiger partial charge in [-0.15, -0.1) is 12.8 Å². The van der Waals surface area contributed by atoms with Gasteiger partial charge in [0.1, 0.15) is 5.78 Å². The molecule has 0 bridgehead atoms. The average molecular weight is 471 g/mol. The molecule has 34 heavy (non-hydrogen) atoms. The number of allylic oxidation sites excluding steroid dienone is 6. The zero-order valence-corrected chi connectivity index (χ0v) is 22.6. The van der Waals surface area contributed by atoms with E-state index in [9.17, 15) is 4.79 Å². The van der Waals surface area contributed by atoms with Crippen LogP contribution >= 0.6 is 0 Å². The lowest BCUT2D eigenvalue weighted by Crippen LogP contribution is -2.39. The van der Waals surface area contributed by atoms with Gasteiger partial charge >= 0.3 is 0 Å². The molecule has 0 radical (unpaired) electrons. The van der Waals surface area contributed by atoms with Crippen LogP contribution in [0.15, 0.2) is 60.4 Å². The topological polar surface area (TPSA) is 61.4 Å². The van der Waals surface area contributed by atoms with Gasteiger partial charge in [0.15, 0.2) is 0 Å². The van der Waals surface area contributed by atoms with Crippen molar-refractivity contribution in [3.05, 3.63) is 60.4 Å². The van der Waals surface area contributed by atoms with Crippen LogP contribution in [0.4, 0.5) is 0 Å².